The molecule has 1 heterocycles. The Morgan fingerprint density at radius 3 is 2.37 bits per heavy atom. The normalized spacial score (nSPS) is 11.5. The van der Waals surface area contributed by atoms with E-state index in [2.05, 4.69) is 4.98 Å². The van der Waals surface area contributed by atoms with Gasteiger partial charge in [-0.2, -0.15) is 0 Å². The largest absolute Gasteiger partial charge is 0.493 e. The molecule has 1 atom stereocenters. The van der Waals surface area contributed by atoms with Gasteiger partial charge in [-0.05, 0) is 49.2 Å². The van der Waals surface area contributed by atoms with Gasteiger partial charge in [-0.15, -0.1) is 0 Å². The predicted octanol–water partition coefficient (Wildman–Crippen LogP) is 5.88. The third kappa shape index (κ3) is 7.00. The molecule has 38 heavy (non-hydrogen) atoms. The first-order chi connectivity index (χ1) is 18.4. The summed E-state index contributed by atoms with van der Waals surface area (Å²) >= 11 is 0. The van der Waals surface area contributed by atoms with Crippen LogP contribution in [0, 0.1) is 6.92 Å². The van der Waals surface area contributed by atoms with E-state index in [0.717, 1.165) is 28.1 Å². The molecular formula is C30H30N2O6. The summed E-state index contributed by atoms with van der Waals surface area (Å²) in [6.45, 7) is 3.82. The summed E-state index contributed by atoms with van der Waals surface area (Å²) in [5, 5.41) is 9.55. The molecule has 4 aromatic rings. The van der Waals surface area contributed by atoms with E-state index in [-0.39, 0.29) is 13.2 Å². The summed E-state index contributed by atoms with van der Waals surface area (Å²) in [7, 11) is 0. The maximum absolute atomic E-state index is 12.8. The molecule has 0 aliphatic rings. The molecule has 0 fully saturated rings. The van der Waals surface area contributed by atoms with Crippen LogP contribution in [0.4, 0.5) is 4.79 Å². The molecule has 0 radical (unpaired) electrons. The molecule has 8 heteroatoms. The van der Waals surface area contributed by atoms with Crippen LogP contribution in [0.15, 0.2) is 89.3 Å². The van der Waals surface area contributed by atoms with Crippen molar-refractivity contribution in [1.82, 2.24) is 9.88 Å². The van der Waals surface area contributed by atoms with Crippen LogP contribution in [0.3, 0.4) is 0 Å². The first kappa shape index (κ1) is 26.5. The van der Waals surface area contributed by atoms with Crippen molar-refractivity contribution in [3.63, 3.8) is 0 Å². The van der Waals surface area contributed by atoms with Crippen LogP contribution >= 0.6 is 0 Å². The zero-order chi connectivity index (χ0) is 26.9. The molecule has 0 spiro atoms. The Kier molecular flexibility index (Phi) is 8.77. The van der Waals surface area contributed by atoms with Gasteiger partial charge in [-0.25, -0.2) is 14.6 Å². The van der Waals surface area contributed by atoms with Crippen LogP contribution in [0.25, 0.3) is 11.5 Å². The molecule has 4 rings (SSSR count). The highest BCUT2D eigenvalue weighted by Gasteiger charge is 2.27. The Morgan fingerprint density at radius 1 is 0.974 bits per heavy atom. The van der Waals surface area contributed by atoms with E-state index in [1.165, 1.54) is 11.8 Å². The first-order valence-electron chi connectivity index (χ1n) is 12.3. The predicted molar refractivity (Wildman–Crippen MR) is 142 cm³/mol. The van der Waals surface area contributed by atoms with Gasteiger partial charge in [0.2, 0.25) is 5.89 Å². The lowest BCUT2D eigenvalue weighted by molar-refractivity contribution is -0.142. The smallest absolute Gasteiger partial charge is 0.411 e. The van der Waals surface area contributed by atoms with E-state index in [1.807, 2.05) is 79.7 Å². The van der Waals surface area contributed by atoms with Crippen molar-refractivity contribution in [2.75, 3.05) is 6.61 Å². The number of ether oxygens (including phenoxy) is 2. The Bertz CT molecular complexity index is 1350. The number of benzene rings is 3. The number of amides is 1. The second-order valence-corrected chi connectivity index (χ2v) is 8.82. The maximum atomic E-state index is 12.8. The average Bonchev–Trinajstić information content (AvgIpc) is 3.31. The van der Waals surface area contributed by atoms with Crippen molar-refractivity contribution in [2.24, 2.45) is 0 Å². The van der Waals surface area contributed by atoms with Crippen molar-refractivity contribution in [2.45, 2.75) is 39.5 Å². The quantitative estimate of drug-likeness (QED) is 0.266. The molecular weight excluding hydrogens is 484 g/mol. The van der Waals surface area contributed by atoms with E-state index in [1.54, 1.807) is 12.1 Å². The molecule has 3 aromatic carbocycles. The van der Waals surface area contributed by atoms with Crippen LogP contribution in [0.1, 0.15) is 29.5 Å². The van der Waals surface area contributed by atoms with E-state index in [4.69, 9.17) is 13.9 Å². The zero-order valence-electron chi connectivity index (χ0n) is 21.4. The number of carboxylic acids is 1. The molecule has 1 aromatic heterocycles. The second kappa shape index (κ2) is 12.6. The number of carboxylic acid groups (broad SMARTS) is 1. The molecule has 1 unspecified atom stereocenters. The summed E-state index contributed by atoms with van der Waals surface area (Å²) < 4.78 is 17.2. The van der Waals surface area contributed by atoms with Crippen molar-refractivity contribution in [1.29, 1.82) is 0 Å². The average molecular weight is 515 g/mol. The molecule has 0 saturated heterocycles. The summed E-state index contributed by atoms with van der Waals surface area (Å²) in [6, 6.07) is 25.1. The van der Waals surface area contributed by atoms with Crippen LogP contribution < -0.4 is 4.74 Å². The number of aliphatic carboxylic acids is 1. The number of hydrogen-bond acceptors (Lipinski definition) is 6. The molecule has 0 saturated carbocycles. The van der Waals surface area contributed by atoms with Gasteiger partial charge in [-0.1, -0.05) is 60.7 Å². The highest BCUT2D eigenvalue weighted by molar-refractivity contribution is 5.79. The molecule has 1 amide bonds. The Balaban J connectivity index is 1.37. The van der Waals surface area contributed by atoms with Crippen molar-refractivity contribution in [3.05, 3.63) is 108 Å². The van der Waals surface area contributed by atoms with Gasteiger partial charge in [0.05, 0.1) is 18.8 Å². The highest BCUT2D eigenvalue weighted by atomic mass is 16.6. The first-order valence-corrected chi connectivity index (χ1v) is 12.3. The lowest BCUT2D eigenvalue weighted by atomic mass is 10.1. The summed E-state index contributed by atoms with van der Waals surface area (Å²) in [6.07, 6.45) is -0.147. The van der Waals surface area contributed by atoms with Gasteiger partial charge < -0.3 is 19.0 Å². The molecule has 196 valence electrons. The highest BCUT2D eigenvalue weighted by Crippen LogP contribution is 2.22. The fourth-order valence-corrected chi connectivity index (χ4v) is 3.86. The number of rotatable bonds is 11. The van der Waals surface area contributed by atoms with Gasteiger partial charge >= 0.3 is 12.1 Å². The Hall–Kier alpha value is -4.59. The minimum absolute atomic E-state index is 0.0547. The van der Waals surface area contributed by atoms with E-state index < -0.39 is 18.1 Å². The number of aryl methyl sites for hydroxylation is 1. The van der Waals surface area contributed by atoms with Crippen LogP contribution in [0.2, 0.25) is 0 Å². The van der Waals surface area contributed by atoms with Gasteiger partial charge in [0.25, 0.3) is 0 Å². The number of carbonyl (C=O) groups is 2. The molecule has 0 aliphatic heterocycles. The third-order valence-corrected chi connectivity index (χ3v) is 6.04. The van der Waals surface area contributed by atoms with Gasteiger partial charge in [0, 0.05) is 12.0 Å². The fraction of sp³-hybridized carbons (Fsp3) is 0.233. The lowest BCUT2D eigenvalue weighted by Crippen LogP contribution is -2.43. The maximum Gasteiger partial charge on any atom is 0.411 e. The van der Waals surface area contributed by atoms with Crippen LogP contribution in [0.5, 0.6) is 5.75 Å². The zero-order valence-corrected chi connectivity index (χ0v) is 21.4. The number of aromatic nitrogens is 1. The summed E-state index contributed by atoms with van der Waals surface area (Å²) in [5.74, 6) is 0.805. The minimum atomic E-state index is -1.12. The van der Waals surface area contributed by atoms with Crippen molar-refractivity contribution in [3.8, 4) is 17.2 Å². The van der Waals surface area contributed by atoms with E-state index >= 15 is 0 Å². The Labute approximate surface area is 221 Å². The molecule has 1 N–H and O–H groups in total. The van der Waals surface area contributed by atoms with Crippen LogP contribution in [-0.4, -0.2) is 39.7 Å². The molecule has 0 bridgehead atoms. The van der Waals surface area contributed by atoms with Gasteiger partial charge in [0.1, 0.15) is 24.2 Å². The Morgan fingerprint density at radius 2 is 1.66 bits per heavy atom. The number of carbonyl (C=O) groups excluding carboxylic acids is 1. The van der Waals surface area contributed by atoms with Crippen molar-refractivity contribution >= 4 is 12.1 Å². The number of hydrogen-bond donors (Lipinski definition) is 1. The summed E-state index contributed by atoms with van der Waals surface area (Å²) in [4.78, 5) is 30.3. The van der Waals surface area contributed by atoms with Gasteiger partial charge in [-0.3, -0.25) is 4.90 Å². The lowest BCUT2D eigenvalue weighted by Gasteiger charge is -2.26. The third-order valence-electron chi connectivity index (χ3n) is 6.04. The summed E-state index contributed by atoms with van der Waals surface area (Å²) in [5.41, 5.74) is 3.27. The topological polar surface area (TPSA) is 102 Å². The molecule has 0 aliphatic carbocycles. The number of oxazole rings is 1. The van der Waals surface area contributed by atoms with E-state index in [0.29, 0.717) is 24.7 Å². The monoisotopic (exact) mass is 514 g/mol. The SMILES string of the molecule is Cc1oc(-c2ccccc2)nc1CCOc1cccc(CN(C(=O)OCc2ccccc2)C(C)C(=O)O)c1. The van der Waals surface area contributed by atoms with Crippen molar-refractivity contribution < 1.29 is 28.6 Å². The second-order valence-electron chi connectivity index (χ2n) is 8.82. The van der Waals surface area contributed by atoms with Crippen LogP contribution in [-0.2, 0) is 29.1 Å². The fourth-order valence-electron chi connectivity index (χ4n) is 3.86. The van der Waals surface area contributed by atoms with Gasteiger partial charge in [0.15, 0.2) is 0 Å². The van der Waals surface area contributed by atoms with E-state index in [9.17, 15) is 14.7 Å². The molecule has 8 nitrogen and oxygen atoms in total. The minimum Gasteiger partial charge on any atom is -0.493 e. The standard InChI is InChI=1S/C30H30N2O6/c1-21(29(33)34)32(30(35)37-20-23-10-5-3-6-11-23)19-24-12-9-15-26(18-24)36-17-16-27-22(2)38-28(31-27)25-13-7-4-8-14-25/h3-15,18,21H,16-17,19-20H2,1-2H3,(H,33,34). The number of nitrogens with zero attached hydrogens (tertiary/aromatic N) is 2.